The van der Waals surface area contributed by atoms with Crippen molar-refractivity contribution in [2.75, 3.05) is 0 Å². The molecule has 0 aliphatic heterocycles. The summed E-state index contributed by atoms with van der Waals surface area (Å²) in [6.07, 6.45) is 3.43. The predicted molar refractivity (Wildman–Crippen MR) is 36.2 cm³/mol. The molecular formula is C5H7N2OS+. The van der Waals surface area contributed by atoms with Gasteiger partial charge in [0.25, 0.3) is 4.88 Å². The van der Waals surface area contributed by atoms with Crippen molar-refractivity contribution in [3.8, 4) is 0 Å². The molecule has 0 aliphatic carbocycles. The largest absolute Gasteiger partial charge is 0.361 e. The van der Waals surface area contributed by atoms with Crippen molar-refractivity contribution in [1.29, 1.82) is 0 Å². The minimum absolute atomic E-state index is 0.146. The first kappa shape index (κ1) is 6.22. The summed E-state index contributed by atoms with van der Waals surface area (Å²) in [6.45, 7) is 0. The smallest absolute Gasteiger partial charge is 0.303 e. The summed E-state index contributed by atoms with van der Waals surface area (Å²) in [5.41, 5.74) is 6.73. The van der Waals surface area contributed by atoms with E-state index in [-0.39, 0.29) is 16.4 Å². The van der Waals surface area contributed by atoms with Crippen LogP contribution in [0.3, 0.4) is 0 Å². The molecule has 48 valence electrons. The molecular weight excluding hydrogens is 136 g/mol. The molecule has 0 saturated heterocycles. The van der Waals surface area contributed by atoms with Gasteiger partial charge in [-0.25, -0.2) is 4.98 Å². The predicted octanol–water partition coefficient (Wildman–Crippen LogP) is 0.467. The summed E-state index contributed by atoms with van der Waals surface area (Å²) >= 11 is 0. The Morgan fingerprint density at radius 2 is 2.56 bits per heavy atom. The van der Waals surface area contributed by atoms with E-state index in [0.29, 0.717) is 4.88 Å². The van der Waals surface area contributed by atoms with E-state index in [2.05, 4.69) is 4.98 Å². The Bertz CT molecular complexity index is 231. The fourth-order valence-electron chi connectivity index (χ4n) is 0.552. The van der Waals surface area contributed by atoms with Gasteiger partial charge >= 0.3 is 5.91 Å². The number of thiazole rings is 1. The van der Waals surface area contributed by atoms with Gasteiger partial charge in [-0.1, -0.05) is 0 Å². The molecule has 9 heavy (non-hydrogen) atoms. The van der Waals surface area contributed by atoms with E-state index in [1.807, 2.05) is 6.26 Å². The van der Waals surface area contributed by atoms with Crippen LogP contribution in [0, 0.1) is 0 Å². The molecule has 1 atom stereocenters. The highest BCUT2D eigenvalue weighted by atomic mass is 32.2. The second kappa shape index (κ2) is 2.14. The third-order valence-corrected chi connectivity index (χ3v) is 2.44. The zero-order valence-electron chi connectivity index (χ0n) is 5.00. The molecule has 0 radical (unpaired) electrons. The maximum Gasteiger partial charge on any atom is 0.303 e. The van der Waals surface area contributed by atoms with Gasteiger partial charge in [0, 0.05) is 10.5 Å². The minimum atomic E-state index is -0.363. The normalized spacial score (nSPS) is 11.4. The summed E-state index contributed by atoms with van der Waals surface area (Å²) in [4.78, 5) is 14.9. The molecule has 1 aromatic rings. The summed E-state index contributed by atoms with van der Waals surface area (Å²) in [6, 6.07) is 0. The number of amides is 1. The maximum absolute atomic E-state index is 10.5. The van der Waals surface area contributed by atoms with Gasteiger partial charge in [0.15, 0.2) is 0 Å². The molecule has 0 spiro atoms. The Labute approximate surface area is 55.5 Å². The number of hydrogen-bond acceptors (Lipinski definition) is 2. The molecule has 1 rings (SSSR count). The maximum atomic E-state index is 10.5. The highest BCUT2D eigenvalue weighted by Crippen LogP contribution is 2.16. The molecule has 1 unspecified atom stereocenters. The molecule has 3 nitrogen and oxygen atoms in total. The van der Waals surface area contributed by atoms with Gasteiger partial charge in [0.2, 0.25) is 5.51 Å². The molecule has 1 heterocycles. The van der Waals surface area contributed by atoms with Gasteiger partial charge in [-0.05, 0) is 0 Å². The number of hydrogen-bond donors (Lipinski definition) is 1. The standard InChI is InChI=1S/C5H6N2OS/c1-9-3-7-2-4(9)5(6)8/h2-3H,1H3,(H-,6,8)/p+1. The highest BCUT2D eigenvalue weighted by Gasteiger charge is 2.13. The van der Waals surface area contributed by atoms with Crippen molar-refractivity contribution in [1.82, 2.24) is 4.98 Å². The molecule has 0 aliphatic rings. The quantitative estimate of drug-likeness (QED) is 0.581. The van der Waals surface area contributed by atoms with Crippen LogP contribution in [0.2, 0.25) is 0 Å². The fourth-order valence-corrected chi connectivity index (χ4v) is 1.45. The molecule has 4 heteroatoms. The topological polar surface area (TPSA) is 56.0 Å². The molecule has 1 amide bonds. The van der Waals surface area contributed by atoms with Gasteiger partial charge in [-0.2, -0.15) is 0 Å². The van der Waals surface area contributed by atoms with E-state index < -0.39 is 0 Å². The number of primary amides is 1. The van der Waals surface area contributed by atoms with Crippen molar-refractivity contribution in [3.05, 3.63) is 16.6 Å². The first-order valence-electron chi connectivity index (χ1n) is 2.40. The number of nitrogens with two attached hydrogens (primary N) is 1. The SMILES string of the molecule is C[s+]1cncc1C(N)=O. The van der Waals surface area contributed by atoms with Gasteiger partial charge in [-0.3, -0.25) is 4.79 Å². The van der Waals surface area contributed by atoms with Crippen molar-refractivity contribution in [2.45, 2.75) is 0 Å². The lowest BCUT2D eigenvalue weighted by atomic mass is 10.5. The van der Waals surface area contributed by atoms with Crippen molar-refractivity contribution in [2.24, 2.45) is 12.0 Å². The van der Waals surface area contributed by atoms with Crippen LogP contribution in [0.5, 0.6) is 0 Å². The number of aryl methyl sites for hydroxylation is 1. The van der Waals surface area contributed by atoms with E-state index >= 15 is 0 Å². The van der Waals surface area contributed by atoms with Gasteiger partial charge < -0.3 is 5.73 Å². The molecule has 0 fully saturated rings. The van der Waals surface area contributed by atoms with Gasteiger partial charge in [0.1, 0.15) is 6.26 Å². The fraction of sp³-hybridized carbons (Fsp3) is 0.200. The average Bonchev–Trinajstić information content (AvgIpc) is 2.13. The number of nitrogens with zero attached hydrogens (tertiary/aromatic N) is 1. The van der Waals surface area contributed by atoms with E-state index in [1.165, 1.54) is 6.20 Å². The Balaban J connectivity index is 3.08. The van der Waals surface area contributed by atoms with E-state index in [0.717, 1.165) is 0 Å². The highest BCUT2D eigenvalue weighted by molar-refractivity contribution is 7.29. The third kappa shape index (κ3) is 1.08. The molecule has 0 bridgehead atoms. The van der Waals surface area contributed by atoms with Crippen LogP contribution < -0.4 is 5.73 Å². The average molecular weight is 143 g/mol. The summed E-state index contributed by atoms with van der Waals surface area (Å²) < 4.78 is 0. The van der Waals surface area contributed by atoms with Crippen LogP contribution in [-0.2, 0) is 6.26 Å². The Kier molecular flexibility index (Phi) is 1.48. The summed E-state index contributed by atoms with van der Waals surface area (Å²) in [5.74, 6) is -0.363. The van der Waals surface area contributed by atoms with Crippen LogP contribution in [0.25, 0.3) is 0 Å². The lowest BCUT2D eigenvalue weighted by Crippen LogP contribution is -2.09. The van der Waals surface area contributed by atoms with Crippen molar-refractivity contribution >= 4 is 16.4 Å². The van der Waals surface area contributed by atoms with E-state index in [9.17, 15) is 4.79 Å². The van der Waals surface area contributed by atoms with E-state index in [4.69, 9.17) is 5.73 Å². The van der Waals surface area contributed by atoms with Crippen molar-refractivity contribution in [3.63, 3.8) is 0 Å². The van der Waals surface area contributed by atoms with Crippen LogP contribution in [0.4, 0.5) is 0 Å². The summed E-state index contributed by atoms with van der Waals surface area (Å²) in [5, 5.41) is 0. The monoisotopic (exact) mass is 143 g/mol. The van der Waals surface area contributed by atoms with E-state index in [1.54, 1.807) is 5.51 Å². The number of carbonyl (C=O) groups excluding carboxylic acids is 1. The molecule has 2 N–H and O–H groups in total. The van der Waals surface area contributed by atoms with Crippen LogP contribution in [0.15, 0.2) is 11.7 Å². The first-order chi connectivity index (χ1) is 4.22. The second-order valence-corrected chi connectivity index (χ2v) is 3.44. The third-order valence-electron chi connectivity index (χ3n) is 1.00. The first-order valence-corrected chi connectivity index (χ1v) is 4.09. The summed E-state index contributed by atoms with van der Waals surface area (Å²) in [7, 11) is -0.146. The molecule has 0 saturated carbocycles. The van der Waals surface area contributed by atoms with Crippen LogP contribution in [-0.4, -0.2) is 10.9 Å². The van der Waals surface area contributed by atoms with Gasteiger partial charge in [0.05, 0.1) is 6.20 Å². The minimum Gasteiger partial charge on any atom is -0.361 e. The zero-order chi connectivity index (χ0) is 6.85. The lowest BCUT2D eigenvalue weighted by Gasteiger charge is -1.78. The Morgan fingerprint density at radius 1 is 1.89 bits per heavy atom. The van der Waals surface area contributed by atoms with Gasteiger partial charge in [-0.15, -0.1) is 0 Å². The molecule has 1 aromatic heterocycles. The zero-order valence-corrected chi connectivity index (χ0v) is 5.81. The van der Waals surface area contributed by atoms with Crippen molar-refractivity contribution < 1.29 is 4.79 Å². The van der Waals surface area contributed by atoms with Crippen LogP contribution in [0.1, 0.15) is 9.67 Å². The van der Waals surface area contributed by atoms with Crippen LogP contribution >= 0.6 is 10.5 Å². The number of rotatable bonds is 1. The Hall–Kier alpha value is -0.900. The Morgan fingerprint density at radius 3 is 2.78 bits per heavy atom. The lowest BCUT2D eigenvalue weighted by molar-refractivity contribution is 0.100. The number of carbonyl (C=O) groups is 1. The second-order valence-electron chi connectivity index (χ2n) is 1.67. The number of aromatic nitrogens is 1. The molecule has 0 aromatic carbocycles.